The van der Waals surface area contributed by atoms with Crippen molar-refractivity contribution in [3.8, 4) is 0 Å². The molecule has 0 aromatic rings. The number of methoxy groups -OCH3 is 1. The fourth-order valence-electron chi connectivity index (χ4n) is 5.82. The molecular weight excluding hydrogens is 412 g/mol. The van der Waals surface area contributed by atoms with Gasteiger partial charge in [0.15, 0.2) is 14.6 Å². The van der Waals surface area contributed by atoms with E-state index in [9.17, 15) is 9.90 Å². The number of carbonyl (C=O) groups excluding carboxylic acids is 1. The number of ether oxygens (including phenoxy) is 3. The molecule has 1 saturated carbocycles. The largest absolute Gasteiger partial charge is 0.459 e. The average molecular weight is 455 g/mol. The highest BCUT2D eigenvalue weighted by Gasteiger charge is 2.75. The molecule has 7 atom stereocenters. The maximum atomic E-state index is 12.0. The summed E-state index contributed by atoms with van der Waals surface area (Å²) in [5.74, 6) is -0.397. The molecule has 2 bridgehead atoms. The predicted molar refractivity (Wildman–Crippen MR) is 122 cm³/mol. The fourth-order valence-corrected chi connectivity index (χ4v) is 7.15. The van der Waals surface area contributed by atoms with Gasteiger partial charge in [-0.25, -0.2) is 0 Å². The molecule has 1 aliphatic heterocycles. The number of hydrogen-bond donors (Lipinski definition) is 1. The number of aliphatic hydroxyl groups excluding tert-OH is 1. The summed E-state index contributed by atoms with van der Waals surface area (Å²) in [6.45, 7) is 18.8. The number of carbonyl (C=O) groups is 1. The zero-order valence-electron chi connectivity index (χ0n) is 20.9. The molecule has 0 amide bonds. The minimum absolute atomic E-state index is 0.00217. The first-order valence-corrected chi connectivity index (χ1v) is 14.4. The lowest BCUT2D eigenvalue weighted by Gasteiger charge is -2.61. The molecule has 7 heteroatoms. The Morgan fingerprint density at radius 1 is 1.29 bits per heavy atom. The zero-order chi connectivity index (χ0) is 23.6. The van der Waals surface area contributed by atoms with E-state index in [1.165, 1.54) is 6.92 Å². The molecule has 3 aliphatic rings. The summed E-state index contributed by atoms with van der Waals surface area (Å²) in [7, 11) is -0.542. The Labute approximate surface area is 188 Å². The van der Waals surface area contributed by atoms with Crippen LogP contribution in [0.25, 0.3) is 0 Å². The van der Waals surface area contributed by atoms with Gasteiger partial charge in [0, 0.05) is 32.3 Å². The van der Waals surface area contributed by atoms with E-state index in [2.05, 4.69) is 47.7 Å². The highest BCUT2D eigenvalue weighted by molar-refractivity contribution is 6.74. The fraction of sp³-hybridized carbons (Fsp3) is 0.875. The van der Waals surface area contributed by atoms with Gasteiger partial charge in [0.25, 0.3) is 0 Å². The molecule has 0 unspecified atom stereocenters. The maximum absolute atomic E-state index is 12.0. The first-order chi connectivity index (χ1) is 14.1. The highest BCUT2D eigenvalue weighted by atomic mass is 28.4. The Morgan fingerprint density at radius 3 is 2.39 bits per heavy atom. The Morgan fingerprint density at radius 2 is 1.90 bits per heavy atom. The minimum atomic E-state index is -2.19. The number of esters is 1. The van der Waals surface area contributed by atoms with Crippen molar-refractivity contribution in [2.75, 3.05) is 7.11 Å². The van der Waals surface area contributed by atoms with Crippen LogP contribution in [0.2, 0.25) is 18.1 Å². The topological polar surface area (TPSA) is 74.2 Å². The summed E-state index contributed by atoms with van der Waals surface area (Å²) < 4.78 is 25.3. The Hall–Kier alpha value is -0.733. The van der Waals surface area contributed by atoms with Crippen LogP contribution in [-0.4, -0.2) is 56.7 Å². The third-order valence-corrected chi connectivity index (χ3v) is 12.8. The molecule has 1 saturated heterocycles. The van der Waals surface area contributed by atoms with E-state index in [0.717, 1.165) is 12.0 Å². The molecule has 3 rings (SSSR count). The van der Waals surface area contributed by atoms with Gasteiger partial charge < -0.3 is 23.7 Å². The van der Waals surface area contributed by atoms with E-state index in [1.54, 1.807) is 7.11 Å². The molecule has 2 aliphatic carbocycles. The molecule has 0 aromatic carbocycles. The van der Waals surface area contributed by atoms with E-state index < -0.39 is 38.5 Å². The van der Waals surface area contributed by atoms with E-state index in [-0.39, 0.29) is 28.3 Å². The molecular formula is C24H42O6Si. The summed E-state index contributed by atoms with van der Waals surface area (Å²) in [5.41, 5.74) is 0.113. The molecule has 1 heterocycles. The summed E-state index contributed by atoms with van der Waals surface area (Å²) >= 11 is 0. The van der Waals surface area contributed by atoms with Crippen LogP contribution in [0.4, 0.5) is 0 Å². The van der Waals surface area contributed by atoms with Crippen LogP contribution in [0.3, 0.4) is 0 Å². The van der Waals surface area contributed by atoms with Crippen LogP contribution >= 0.6 is 0 Å². The Bertz CT molecular complexity index is 739. The van der Waals surface area contributed by atoms with Gasteiger partial charge in [-0.1, -0.05) is 46.3 Å². The van der Waals surface area contributed by atoms with E-state index in [1.807, 2.05) is 13.0 Å². The van der Waals surface area contributed by atoms with Gasteiger partial charge in [-0.3, -0.25) is 4.79 Å². The monoisotopic (exact) mass is 454 g/mol. The van der Waals surface area contributed by atoms with Crippen molar-refractivity contribution < 1.29 is 28.5 Å². The standard InChI is InChI=1S/C24H42O6Si/c1-14-11-17(26)20(30-31(9,10)22(3,4)5)19-16-13-23(6,7)24(16,29-21(19)27-8)18(12-14)28-15(2)25/h11,16-21,26H,12-13H2,1-10H3/b14-11+/t16-,17-,18+,19+,20+,21-,24-/m1/s1. The average Bonchev–Trinajstić information content (AvgIpc) is 2.88. The van der Waals surface area contributed by atoms with E-state index in [0.29, 0.717) is 6.42 Å². The SMILES string of the molecule is CO[C@@H]1O[C@@]23[C@@H](OC(C)=O)C/C(C)=C/[C@@H](O)[C@H](O[Si](C)(C)C(C)(C)C)[C@@H]1[C@H]2CC3(C)C. The highest BCUT2D eigenvalue weighted by Crippen LogP contribution is 2.68. The quantitative estimate of drug-likeness (QED) is 0.385. The molecule has 178 valence electrons. The van der Waals surface area contributed by atoms with Gasteiger partial charge in [-0.2, -0.15) is 0 Å². The van der Waals surface area contributed by atoms with Crippen molar-refractivity contribution in [1.82, 2.24) is 0 Å². The smallest absolute Gasteiger partial charge is 0.303 e. The predicted octanol–water partition coefficient (Wildman–Crippen LogP) is 4.42. The number of hydrogen-bond acceptors (Lipinski definition) is 6. The van der Waals surface area contributed by atoms with Gasteiger partial charge >= 0.3 is 5.97 Å². The van der Waals surface area contributed by atoms with Gasteiger partial charge in [-0.05, 0) is 36.9 Å². The second kappa shape index (κ2) is 7.94. The van der Waals surface area contributed by atoms with Crippen molar-refractivity contribution in [2.45, 2.75) is 110 Å². The molecule has 0 spiro atoms. The molecule has 2 fully saturated rings. The maximum Gasteiger partial charge on any atom is 0.303 e. The normalized spacial score (nSPS) is 41.7. The van der Waals surface area contributed by atoms with Crippen molar-refractivity contribution >= 4 is 14.3 Å². The Balaban J connectivity index is 2.12. The van der Waals surface area contributed by atoms with E-state index in [4.69, 9.17) is 18.6 Å². The third-order valence-electron chi connectivity index (χ3n) is 8.36. The molecule has 31 heavy (non-hydrogen) atoms. The van der Waals surface area contributed by atoms with Gasteiger partial charge in [0.05, 0.1) is 12.2 Å². The van der Waals surface area contributed by atoms with Crippen LogP contribution < -0.4 is 0 Å². The minimum Gasteiger partial charge on any atom is -0.459 e. The van der Waals surface area contributed by atoms with Crippen molar-refractivity contribution in [3.05, 3.63) is 11.6 Å². The number of rotatable bonds is 4. The summed E-state index contributed by atoms with van der Waals surface area (Å²) in [6, 6.07) is 0. The van der Waals surface area contributed by atoms with Crippen LogP contribution in [0.15, 0.2) is 11.6 Å². The molecule has 6 nitrogen and oxygen atoms in total. The van der Waals surface area contributed by atoms with Crippen molar-refractivity contribution in [2.24, 2.45) is 17.3 Å². The molecule has 0 radical (unpaired) electrons. The second-order valence-electron chi connectivity index (χ2n) is 11.9. The van der Waals surface area contributed by atoms with Crippen LogP contribution in [0.5, 0.6) is 0 Å². The molecule has 0 aromatic heterocycles. The first-order valence-electron chi connectivity index (χ1n) is 11.5. The zero-order valence-corrected chi connectivity index (χ0v) is 21.9. The van der Waals surface area contributed by atoms with Crippen LogP contribution in [0.1, 0.15) is 61.3 Å². The van der Waals surface area contributed by atoms with Crippen molar-refractivity contribution in [3.63, 3.8) is 0 Å². The summed E-state index contributed by atoms with van der Waals surface area (Å²) in [6.07, 6.45) is 1.11. The lowest BCUT2D eigenvalue weighted by molar-refractivity contribution is -0.279. The van der Waals surface area contributed by atoms with Crippen LogP contribution in [-0.2, 0) is 23.4 Å². The van der Waals surface area contributed by atoms with E-state index >= 15 is 0 Å². The first kappa shape index (κ1) is 24.9. The summed E-state index contributed by atoms with van der Waals surface area (Å²) in [5, 5.41) is 11.4. The van der Waals surface area contributed by atoms with Gasteiger partial charge in [0.1, 0.15) is 11.7 Å². The second-order valence-corrected chi connectivity index (χ2v) is 16.7. The lowest BCUT2D eigenvalue weighted by Crippen LogP contribution is -2.68. The molecule has 1 N–H and O–H groups in total. The van der Waals surface area contributed by atoms with Gasteiger partial charge in [0.2, 0.25) is 0 Å². The third kappa shape index (κ3) is 3.95. The van der Waals surface area contributed by atoms with Gasteiger partial charge in [-0.15, -0.1) is 0 Å². The lowest BCUT2D eigenvalue weighted by atomic mass is 9.47. The number of aliphatic hydroxyl groups is 1. The van der Waals surface area contributed by atoms with Crippen molar-refractivity contribution in [1.29, 1.82) is 0 Å². The Kier molecular flexibility index (Phi) is 6.38. The van der Waals surface area contributed by atoms with Crippen LogP contribution in [0, 0.1) is 17.3 Å². The summed E-state index contributed by atoms with van der Waals surface area (Å²) in [4.78, 5) is 12.0.